The van der Waals surface area contributed by atoms with Crippen LogP contribution in [0.25, 0.3) is 11.4 Å². The molecule has 0 saturated heterocycles. The molecule has 25 heavy (non-hydrogen) atoms. The number of aromatic carboxylic acids is 1. The number of hydrogen-bond acceptors (Lipinski definition) is 6. The van der Waals surface area contributed by atoms with Gasteiger partial charge in [0.05, 0.1) is 15.5 Å². The molecule has 3 aromatic rings. The number of carboxylic acid groups (broad SMARTS) is 1. The molecule has 1 aromatic heterocycles. The number of aromatic nitrogens is 4. The normalized spacial score (nSPS) is 11.2. The van der Waals surface area contributed by atoms with Gasteiger partial charge < -0.3 is 5.11 Å². The lowest BCUT2D eigenvalue weighted by Crippen LogP contribution is -2.13. The van der Waals surface area contributed by atoms with Crippen molar-refractivity contribution in [2.45, 2.75) is 4.90 Å². The van der Waals surface area contributed by atoms with Gasteiger partial charge in [-0.05, 0) is 46.8 Å². The van der Waals surface area contributed by atoms with Crippen molar-refractivity contribution in [3.05, 3.63) is 53.1 Å². The number of sulfonamides is 1. The van der Waals surface area contributed by atoms with Gasteiger partial charge in [-0.3, -0.25) is 4.72 Å². The van der Waals surface area contributed by atoms with Crippen molar-refractivity contribution >= 4 is 33.3 Å². The van der Waals surface area contributed by atoms with Crippen LogP contribution in [0, 0.1) is 0 Å². The molecule has 0 aliphatic carbocycles. The van der Waals surface area contributed by atoms with E-state index in [1.54, 1.807) is 0 Å². The predicted octanol–water partition coefficient (Wildman–Crippen LogP) is 2.02. The van der Waals surface area contributed by atoms with E-state index in [1.165, 1.54) is 42.5 Å². The summed E-state index contributed by atoms with van der Waals surface area (Å²) in [6.07, 6.45) is 0. The van der Waals surface area contributed by atoms with Gasteiger partial charge >= 0.3 is 5.97 Å². The number of H-pyrrole nitrogens is 1. The Morgan fingerprint density at radius 1 is 1.20 bits per heavy atom. The van der Waals surface area contributed by atoms with E-state index in [9.17, 15) is 13.2 Å². The Hall–Kier alpha value is -2.98. The topological polar surface area (TPSA) is 138 Å². The number of aromatic amines is 1. The fourth-order valence-corrected chi connectivity index (χ4v) is 3.34. The smallest absolute Gasteiger partial charge is 0.335 e. The summed E-state index contributed by atoms with van der Waals surface area (Å²) in [5, 5.41) is 22.3. The number of benzene rings is 2. The summed E-state index contributed by atoms with van der Waals surface area (Å²) in [5.74, 6) is -0.942. The van der Waals surface area contributed by atoms with Gasteiger partial charge in [-0.2, -0.15) is 0 Å². The number of anilines is 1. The maximum absolute atomic E-state index is 12.6. The van der Waals surface area contributed by atoms with Gasteiger partial charge in [0.2, 0.25) is 0 Å². The highest BCUT2D eigenvalue weighted by Gasteiger charge is 2.18. The molecule has 0 aliphatic rings. The summed E-state index contributed by atoms with van der Waals surface area (Å²) >= 11 is 6.06. The Morgan fingerprint density at radius 2 is 2.00 bits per heavy atom. The quantitative estimate of drug-likeness (QED) is 0.616. The van der Waals surface area contributed by atoms with Gasteiger partial charge in [-0.1, -0.05) is 17.7 Å². The van der Waals surface area contributed by atoms with Crippen molar-refractivity contribution in [2.24, 2.45) is 0 Å². The third-order valence-corrected chi connectivity index (χ3v) is 4.92. The van der Waals surface area contributed by atoms with Crippen LogP contribution in [-0.4, -0.2) is 40.1 Å². The van der Waals surface area contributed by atoms with Crippen LogP contribution in [0.5, 0.6) is 0 Å². The molecule has 0 atom stereocenters. The van der Waals surface area contributed by atoms with Gasteiger partial charge in [0.25, 0.3) is 10.0 Å². The predicted molar refractivity (Wildman–Crippen MR) is 88.8 cm³/mol. The molecular formula is C14H10ClN5O4S. The first-order chi connectivity index (χ1) is 11.9. The van der Waals surface area contributed by atoms with Crippen molar-refractivity contribution in [1.82, 2.24) is 20.6 Å². The van der Waals surface area contributed by atoms with Gasteiger partial charge in [0.1, 0.15) is 0 Å². The molecule has 0 radical (unpaired) electrons. The van der Waals surface area contributed by atoms with Gasteiger partial charge in [-0.25, -0.2) is 18.3 Å². The van der Waals surface area contributed by atoms with E-state index in [2.05, 4.69) is 25.3 Å². The summed E-state index contributed by atoms with van der Waals surface area (Å²) < 4.78 is 27.4. The molecule has 0 unspecified atom stereocenters. The minimum absolute atomic E-state index is 0.0373. The Kier molecular flexibility index (Phi) is 4.38. The molecular weight excluding hydrogens is 370 g/mol. The van der Waals surface area contributed by atoms with E-state index in [1.807, 2.05) is 0 Å². The Morgan fingerprint density at radius 3 is 2.68 bits per heavy atom. The first-order valence-corrected chi connectivity index (χ1v) is 8.63. The van der Waals surface area contributed by atoms with Crippen molar-refractivity contribution in [1.29, 1.82) is 0 Å². The second-order valence-electron chi connectivity index (χ2n) is 4.88. The minimum atomic E-state index is -3.97. The van der Waals surface area contributed by atoms with Crippen LogP contribution < -0.4 is 4.72 Å². The zero-order chi connectivity index (χ0) is 18.0. The molecule has 1 heterocycles. The number of rotatable bonds is 5. The van der Waals surface area contributed by atoms with Crippen LogP contribution in [-0.2, 0) is 10.0 Å². The van der Waals surface area contributed by atoms with E-state index in [4.69, 9.17) is 16.7 Å². The molecule has 0 amide bonds. The van der Waals surface area contributed by atoms with E-state index in [-0.39, 0.29) is 27.0 Å². The standard InChI is InChI=1S/C14H10ClN5O4S/c15-12-5-4-10(7-11(12)13-16-19-20-17-13)25(23,24)18-9-3-1-2-8(6-9)14(21)22/h1-7,18H,(H,21,22)(H,16,17,19,20). The van der Waals surface area contributed by atoms with Crippen LogP contribution in [0.15, 0.2) is 47.4 Å². The largest absolute Gasteiger partial charge is 0.478 e. The summed E-state index contributed by atoms with van der Waals surface area (Å²) in [7, 11) is -3.97. The first-order valence-electron chi connectivity index (χ1n) is 6.76. The van der Waals surface area contributed by atoms with Gasteiger partial charge in [0.15, 0.2) is 5.82 Å². The average Bonchev–Trinajstić information content (AvgIpc) is 3.09. The van der Waals surface area contributed by atoms with E-state index in [0.29, 0.717) is 5.56 Å². The molecule has 128 valence electrons. The molecule has 2 aromatic carbocycles. The number of carboxylic acids is 1. The number of carbonyl (C=O) groups is 1. The molecule has 3 N–H and O–H groups in total. The number of nitrogens with zero attached hydrogens (tertiary/aromatic N) is 3. The lowest BCUT2D eigenvalue weighted by Gasteiger charge is -2.10. The highest BCUT2D eigenvalue weighted by atomic mass is 35.5. The number of tetrazole rings is 1. The second-order valence-corrected chi connectivity index (χ2v) is 6.97. The highest BCUT2D eigenvalue weighted by molar-refractivity contribution is 7.92. The van der Waals surface area contributed by atoms with Gasteiger partial charge in [0, 0.05) is 11.3 Å². The van der Waals surface area contributed by atoms with Crippen LogP contribution in [0.4, 0.5) is 5.69 Å². The number of hydrogen-bond donors (Lipinski definition) is 3. The minimum Gasteiger partial charge on any atom is -0.478 e. The molecule has 0 fully saturated rings. The van der Waals surface area contributed by atoms with Crippen LogP contribution >= 0.6 is 11.6 Å². The fraction of sp³-hybridized carbons (Fsp3) is 0. The van der Waals surface area contributed by atoms with Crippen molar-refractivity contribution in [2.75, 3.05) is 4.72 Å². The van der Waals surface area contributed by atoms with E-state index < -0.39 is 16.0 Å². The first kappa shape index (κ1) is 16.9. The summed E-state index contributed by atoms with van der Waals surface area (Å²) in [6, 6.07) is 9.50. The third-order valence-electron chi connectivity index (χ3n) is 3.21. The molecule has 0 bridgehead atoms. The molecule has 0 spiro atoms. The van der Waals surface area contributed by atoms with Crippen LogP contribution in [0.2, 0.25) is 5.02 Å². The van der Waals surface area contributed by atoms with Crippen molar-refractivity contribution in [3.63, 3.8) is 0 Å². The molecule has 0 saturated carbocycles. The highest BCUT2D eigenvalue weighted by Crippen LogP contribution is 2.28. The van der Waals surface area contributed by atoms with E-state index in [0.717, 1.165) is 0 Å². The van der Waals surface area contributed by atoms with Gasteiger partial charge in [-0.15, -0.1) is 5.10 Å². The molecule has 3 rings (SSSR count). The zero-order valence-electron chi connectivity index (χ0n) is 12.3. The maximum Gasteiger partial charge on any atom is 0.335 e. The Labute approximate surface area is 146 Å². The third kappa shape index (κ3) is 3.59. The SMILES string of the molecule is O=C(O)c1cccc(NS(=O)(=O)c2ccc(Cl)c(-c3nnn[nH]3)c2)c1. The second kappa shape index (κ2) is 6.49. The average molecular weight is 380 g/mol. The Balaban J connectivity index is 1.97. The fourth-order valence-electron chi connectivity index (χ4n) is 2.06. The van der Waals surface area contributed by atoms with Crippen LogP contribution in [0.3, 0.4) is 0 Å². The Bertz CT molecular complexity index is 1040. The maximum atomic E-state index is 12.6. The molecule has 0 aliphatic heterocycles. The van der Waals surface area contributed by atoms with Crippen molar-refractivity contribution in [3.8, 4) is 11.4 Å². The van der Waals surface area contributed by atoms with E-state index >= 15 is 0 Å². The summed E-state index contributed by atoms with van der Waals surface area (Å²) in [4.78, 5) is 10.9. The monoisotopic (exact) mass is 379 g/mol. The lowest BCUT2D eigenvalue weighted by atomic mass is 10.2. The molecule has 11 heteroatoms. The lowest BCUT2D eigenvalue weighted by molar-refractivity contribution is 0.0697. The summed E-state index contributed by atoms with van der Waals surface area (Å²) in [5.41, 5.74) is 0.399. The number of nitrogens with one attached hydrogen (secondary N) is 2. The number of halogens is 1. The van der Waals surface area contributed by atoms with Crippen molar-refractivity contribution < 1.29 is 18.3 Å². The molecule has 9 nitrogen and oxygen atoms in total. The zero-order valence-corrected chi connectivity index (χ0v) is 13.9. The summed E-state index contributed by atoms with van der Waals surface area (Å²) in [6.45, 7) is 0. The van der Waals surface area contributed by atoms with Crippen LogP contribution in [0.1, 0.15) is 10.4 Å².